The van der Waals surface area contributed by atoms with E-state index in [2.05, 4.69) is 0 Å². The van der Waals surface area contributed by atoms with Gasteiger partial charge in [-0.2, -0.15) is 0 Å². The fourth-order valence-corrected chi connectivity index (χ4v) is 4.69. The molecule has 1 saturated heterocycles. The highest BCUT2D eigenvalue weighted by Crippen LogP contribution is 2.42. The molecule has 0 spiro atoms. The van der Waals surface area contributed by atoms with Crippen LogP contribution in [0.15, 0.2) is 70.6 Å². The van der Waals surface area contributed by atoms with Crippen molar-refractivity contribution >= 4 is 40.3 Å². The van der Waals surface area contributed by atoms with Crippen molar-refractivity contribution in [3.05, 3.63) is 82.3 Å². The van der Waals surface area contributed by atoms with Gasteiger partial charge in [0.1, 0.15) is 0 Å². The zero-order valence-corrected chi connectivity index (χ0v) is 20.6. The standard InChI is InChI=1S/C27H26N2O4S/c1-17-10-6-8-12-20(17)28-27-29(21-13-9-7-11-18(21)2)26(30)24(34-27)16-19-14-22(31-3)25(33-5)23(15-19)32-4/h6-16H,1-5H3/b24-16+,28-27?. The minimum atomic E-state index is -0.139. The number of carbonyl (C=O) groups excluding carboxylic acids is 1. The Kier molecular flexibility index (Phi) is 6.93. The van der Waals surface area contributed by atoms with Crippen molar-refractivity contribution in [1.29, 1.82) is 0 Å². The largest absolute Gasteiger partial charge is 0.493 e. The molecule has 0 aliphatic carbocycles. The predicted octanol–water partition coefficient (Wildman–Crippen LogP) is 6.14. The quantitative estimate of drug-likeness (QED) is 0.402. The zero-order chi connectivity index (χ0) is 24.2. The van der Waals surface area contributed by atoms with Gasteiger partial charge in [0.15, 0.2) is 16.7 Å². The molecule has 174 valence electrons. The number of hydrogen-bond acceptors (Lipinski definition) is 6. The normalized spacial score (nSPS) is 15.8. The number of amides is 1. The molecular formula is C27H26N2O4S. The Balaban J connectivity index is 1.83. The lowest BCUT2D eigenvalue weighted by Crippen LogP contribution is -2.29. The molecule has 1 aliphatic heterocycles. The number of anilines is 1. The number of nitrogens with zero attached hydrogens (tertiary/aromatic N) is 2. The van der Waals surface area contributed by atoms with E-state index in [9.17, 15) is 4.79 Å². The van der Waals surface area contributed by atoms with Crippen LogP contribution in [0.25, 0.3) is 6.08 Å². The molecule has 6 nitrogen and oxygen atoms in total. The first-order chi connectivity index (χ1) is 16.5. The molecule has 1 aliphatic rings. The van der Waals surface area contributed by atoms with E-state index >= 15 is 0 Å². The van der Waals surface area contributed by atoms with Gasteiger partial charge in [0.25, 0.3) is 5.91 Å². The molecule has 0 bridgehead atoms. The van der Waals surface area contributed by atoms with Crippen LogP contribution in [0.2, 0.25) is 0 Å². The third kappa shape index (κ3) is 4.52. The fraction of sp³-hybridized carbons (Fsp3) is 0.185. The minimum absolute atomic E-state index is 0.139. The summed E-state index contributed by atoms with van der Waals surface area (Å²) in [4.78, 5) is 20.7. The molecule has 0 atom stereocenters. The molecule has 1 heterocycles. The summed E-state index contributed by atoms with van der Waals surface area (Å²) < 4.78 is 16.4. The lowest BCUT2D eigenvalue weighted by molar-refractivity contribution is -0.113. The van der Waals surface area contributed by atoms with E-state index in [0.29, 0.717) is 27.3 Å². The van der Waals surface area contributed by atoms with Gasteiger partial charge >= 0.3 is 0 Å². The Bertz CT molecular complexity index is 1270. The highest BCUT2D eigenvalue weighted by Gasteiger charge is 2.35. The first-order valence-corrected chi connectivity index (χ1v) is 11.5. The molecule has 3 aromatic carbocycles. The Morgan fingerprint density at radius 1 is 0.853 bits per heavy atom. The number of para-hydroxylation sites is 2. The lowest BCUT2D eigenvalue weighted by atomic mass is 10.1. The fourth-order valence-electron chi connectivity index (χ4n) is 3.70. The van der Waals surface area contributed by atoms with Crippen LogP contribution < -0.4 is 19.1 Å². The number of methoxy groups -OCH3 is 3. The Hall–Kier alpha value is -3.71. The van der Waals surface area contributed by atoms with Crippen molar-refractivity contribution in [2.45, 2.75) is 13.8 Å². The summed E-state index contributed by atoms with van der Waals surface area (Å²) in [5.74, 6) is 1.41. The van der Waals surface area contributed by atoms with Crippen molar-refractivity contribution in [1.82, 2.24) is 0 Å². The summed E-state index contributed by atoms with van der Waals surface area (Å²) in [5.41, 5.74) is 4.41. The molecule has 3 aromatic rings. The van der Waals surface area contributed by atoms with Gasteiger partial charge in [-0.3, -0.25) is 9.69 Å². The third-order valence-electron chi connectivity index (χ3n) is 5.48. The zero-order valence-electron chi connectivity index (χ0n) is 19.8. The molecule has 0 aromatic heterocycles. The maximum Gasteiger partial charge on any atom is 0.271 e. The first kappa shape index (κ1) is 23.4. The number of ether oxygens (including phenoxy) is 3. The number of rotatable bonds is 6. The number of aliphatic imine (C=N–C) groups is 1. The van der Waals surface area contributed by atoms with E-state index in [1.54, 1.807) is 26.2 Å². The van der Waals surface area contributed by atoms with Gasteiger partial charge in [0.2, 0.25) is 5.75 Å². The summed E-state index contributed by atoms with van der Waals surface area (Å²) in [6.07, 6.45) is 1.82. The number of hydrogen-bond donors (Lipinski definition) is 0. The molecule has 0 saturated carbocycles. The molecule has 4 rings (SSSR count). The van der Waals surface area contributed by atoms with E-state index in [1.807, 2.05) is 80.6 Å². The van der Waals surface area contributed by atoms with E-state index < -0.39 is 0 Å². The molecule has 0 unspecified atom stereocenters. The second-order valence-electron chi connectivity index (χ2n) is 7.68. The molecule has 1 fully saturated rings. The SMILES string of the molecule is COc1cc(/C=C2/SC(=Nc3ccccc3C)N(c3ccccc3C)C2=O)cc(OC)c1OC. The van der Waals surface area contributed by atoms with Crippen LogP contribution in [0, 0.1) is 13.8 Å². The van der Waals surface area contributed by atoms with Gasteiger partial charge in [0.05, 0.1) is 37.6 Å². The van der Waals surface area contributed by atoms with Crippen molar-refractivity contribution in [3.8, 4) is 17.2 Å². The smallest absolute Gasteiger partial charge is 0.271 e. The molecule has 34 heavy (non-hydrogen) atoms. The van der Waals surface area contributed by atoms with E-state index in [1.165, 1.54) is 11.8 Å². The van der Waals surface area contributed by atoms with Gasteiger partial charge in [-0.15, -0.1) is 0 Å². The summed E-state index contributed by atoms with van der Waals surface area (Å²) in [6, 6.07) is 19.3. The van der Waals surface area contributed by atoms with Gasteiger partial charge in [-0.1, -0.05) is 36.4 Å². The van der Waals surface area contributed by atoms with Gasteiger partial charge in [-0.25, -0.2) is 4.99 Å². The van der Waals surface area contributed by atoms with Crippen molar-refractivity contribution in [2.75, 3.05) is 26.2 Å². The Labute approximate surface area is 203 Å². The molecule has 7 heteroatoms. The van der Waals surface area contributed by atoms with Crippen LogP contribution in [0.4, 0.5) is 11.4 Å². The highest BCUT2D eigenvalue weighted by molar-refractivity contribution is 8.19. The molecule has 0 radical (unpaired) electrons. The topological polar surface area (TPSA) is 60.4 Å². The summed E-state index contributed by atoms with van der Waals surface area (Å²) in [7, 11) is 4.69. The van der Waals surface area contributed by atoms with Crippen molar-refractivity contribution in [3.63, 3.8) is 0 Å². The second-order valence-corrected chi connectivity index (χ2v) is 8.69. The maximum absolute atomic E-state index is 13.6. The molecule has 1 amide bonds. The number of carbonyl (C=O) groups is 1. The summed E-state index contributed by atoms with van der Waals surface area (Å²) >= 11 is 1.34. The van der Waals surface area contributed by atoms with Crippen LogP contribution in [-0.4, -0.2) is 32.4 Å². The monoisotopic (exact) mass is 474 g/mol. The van der Waals surface area contributed by atoms with Gasteiger partial charge < -0.3 is 14.2 Å². The van der Waals surface area contributed by atoms with Crippen LogP contribution in [0.5, 0.6) is 17.2 Å². The molecule has 0 N–H and O–H groups in total. The van der Waals surface area contributed by atoms with Crippen LogP contribution in [0.3, 0.4) is 0 Å². The minimum Gasteiger partial charge on any atom is -0.493 e. The van der Waals surface area contributed by atoms with E-state index in [4.69, 9.17) is 19.2 Å². The predicted molar refractivity (Wildman–Crippen MR) is 139 cm³/mol. The van der Waals surface area contributed by atoms with Gasteiger partial charge in [0, 0.05) is 0 Å². The van der Waals surface area contributed by atoms with Crippen LogP contribution >= 0.6 is 11.8 Å². The number of benzene rings is 3. The highest BCUT2D eigenvalue weighted by atomic mass is 32.2. The maximum atomic E-state index is 13.6. The summed E-state index contributed by atoms with van der Waals surface area (Å²) in [6.45, 7) is 3.99. The van der Waals surface area contributed by atoms with Crippen molar-refractivity contribution < 1.29 is 19.0 Å². The van der Waals surface area contributed by atoms with Crippen molar-refractivity contribution in [2.24, 2.45) is 4.99 Å². The average Bonchev–Trinajstić information content (AvgIpc) is 3.14. The number of amidine groups is 1. The van der Waals surface area contributed by atoms with Gasteiger partial charge in [-0.05, 0) is 72.6 Å². The average molecular weight is 475 g/mol. The van der Waals surface area contributed by atoms with E-state index in [0.717, 1.165) is 28.1 Å². The first-order valence-electron chi connectivity index (χ1n) is 10.7. The Morgan fingerprint density at radius 2 is 1.47 bits per heavy atom. The lowest BCUT2D eigenvalue weighted by Gasteiger charge is -2.18. The van der Waals surface area contributed by atoms with Crippen LogP contribution in [0.1, 0.15) is 16.7 Å². The second kappa shape index (κ2) is 10.1. The molecular weight excluding hydrogens is 448 g/mol. The summed E-state index contributed by atoms with van der Waals surface area (Å²) in [5, 5.41) is 0.604. The number of aryl methyl sites for hydroxylation is 2. The van der Waals surface area contributed by atoms with Crippen LogP contribution in [-0.2, 0) is 4.79 Å². The van der Waals surface area contributed by atoms with E-state index in [-0.39, 0.29) is 5.91 Å². The third-order valence-corrected chi connectivity index (χ3v) is 6.45. The Morgan fingerprint density at radius 3 is 2.06 bits per heavy atom. The number of thioether (sulfide) groups is 1.